The summed E-state index contributed by atoms with van der Waals surface area (Å²) >= 11 is 0. The fraction of sp³-hybridized carbons (Fsp3) is 0.357. The van der Waals surface area contributed by atoms with E-state index in [4.69, 9.17) is 0 Å². The maximum absolute atomic E-state index is 12.0. The van der Waals surface area contributed by atoms with Crippen LogP contribution in [0.15, 0.2) is 24.7 Å². The van der Waals surface area contributed by atoms with Gasteiger partial charge < -0.3 is 0 Å². The lowest BCUT2D eigenvalue weighted by atomic mass is 10.1. The summed E-state index contributed by atoms with van der Waals surface area (Å²) in [6.07, 6.45) is 8.58. The Morgan fingerprint density at radius 1 is 1.26 bits per heavy atom. The van der Waals surface area contributed by atoms with E-state index in [2.05, 4.69) is 24.0 Å². The number of carbonyl (C=O) groups excluding carboxylic acids is 1. The average Bonchev–Trinajstić information content (AvgIpc) is 2.92. The Morgan fingerprint density at radius 3 is 2.58 bits per heavy atom. The van der Waals surface area contributed by atoms with Crippen molar-refractivity contribution >= 4 is 11.9 Å². The van der Waals surface area contributed by atoms with Crippen LogP contribution in [0.5, 0.6) is 0 Å². The third kappa shape index (κ3) is 2.99. The number of carbonyl (C=O) groups is 1. The summed E-state index contributed by atoms with van der Waals surface area (Å²) in [5, 5.41) is 8.39. The number of nitrogens with zero attached hydrogens (tertiary/aromatic N) is 4. The minimum absolute atomic E-state index is 0.0494. The van der Waals surface area contributed by atoms with E-state index in [-0.39, 0.29) is 5.78 Å². The van der Waals surface area contributed by atoms with Gasteiger partial charge in [0.1, 0.15) is 0 Å². The van der Waals surface area contributed by atoms with Crippen molar-refractivity contribution in [2.75, 3.05) is 0 Å². The first-order chi connectivity index (χ1) is 8.97. The molecule has 5 heteroatoms. The molecule has 0 unspecified atom stereocenters. The molecule has 0 saturated heterocycles. The molecule has 2 aromatic heterocycles. The molecule has 0 aliphatic rings. The van der Waals surface area contributed by atoms with E-state index >= 15 is 0 Å². The molecule has 0 aliphatic heterocycles. The van der Waals surface area contributed by atoms with E-state index in [0.29, 0.717) is 11.5 Å². The van der Waals surface area contributed by atoms with E-state index in [1.54, 1.807) is 34.9 Å². The predicted molar refractivity (Wildman–Crippen MR) is 73.9 cm³/mol. The molecule has 0 atom stereocenters. The van der Waals surface area contributed by atoms with E-state index in [9.17, 15) is 4.79 Å². The Hall–Kier alpha value is -2.17. The van der Waals surface area contributed by atoms with Crippen molar-refractivity contribution in [1.29, 1.82) is 0 Å². The summed E-state index contributed by atoms with van der Waals surface area (Å²) in [7, 11) is 3.67. The highest BCUT2D eigenvalue weighted by Gasteiger charge is 2.10. The van der Waals surface area contributed by atoms with E-state index in [1.807, 2.05) is 19.3 Å². The fourth-order valence-corrected chi connectivity index (χ4v) is 1.91. The zero-order chi connectivity index (χ0) is 14.0. The van der Waals surface area contributed by atoms with Gasteiger partial charge in [-0.05, 0) is 18.1 Å². The van der Waals surface area contributed by atoms with Gasteiger partial charge in [0.2, 0.25) is 0 Å². The summed E-state index contributed by atoms with van der Waals surface area (Å²) in [6, 6.07) is 0. The van der Waals surface area contributed by atoms with Gasteiger partial charge in [-0.2, -0.15) is 10.2 Å². The predicted octanol–water partition coefficient (Wildman–Crippen LogP) is 2.17. The lowest BCUT2D eigenvalue weighted by molar-refractivity contribution is 0.104. The van der Waals surface area contributed by atoms with E-state index in [1.165, 1.54) is 0 Å². The van der Waals surface area contributed by atoms with Crippen molar-refractivity contribution in [2.45, 2.75) is 19.8 Å². The number of hydrogen-bond donors (Lipinski definition) is 0. The van der Waals surface area contributed by atoms with Crippen LogP contribution in [0.2, 0.25) is 0 Å². The third-order valence-corrected chi connectivity index (χ3v) is 2.84. The maximum atomic E-state index is 12.0. The van der Waals surface area contributed by atoms with Crippen LogP contribution in [0.25, 0.3) is 6.08 Å². The smallest absolute Gasteiger partial charge is 0.189 e. The SMILES string of the molecule is CC(C)c1nn(C)cc1/C=C/C(=O)c1cnn(C)c1. The molecular weight excluding hydrogens is 240 g/mol. The highest BCUT2D eigenvalue weighted by Crippen LogP contribution is 2.18. The Balaban J connectivity index is 2.21. The molecule has 0 aromatic carbocycles. The first-order valence-electron chi connectivity index (χ1n) is 6.22. The second-order valence-corrected chi connectivity index (χ2v) is 4.90. The van der Waals surface area contributed by atoms with Crippen molar-refractivity contribution in [3.8, 4) is 0 Å². The molecule has 2 heterocycles. The number of hydrogen-bond acceptors (Lipinski definition) is 3. The summed E-state index contributed by atoms with van der Waals surface area (Å²) in [5.74, 6) is 0.279. The molecule has 0 radical (unpaired) electrons. The summed E-state index contributed by atoms with van der Waals surface area (Å²) in [5.41, 5.74) is 2.57. The molecule has 0 saturated carbocycles. The molecule has 0 amide bonds. The van der Waals surface area contributed by atoms with Crippen LogP contribution in [-0.2, 0) is 14.1 Å². The van der Waals surface area contributed by atoms with Gasteiger partial charge in [0.25, 0.3) is 0 Å². The molecule has 0 aliphatic carbocycles. The molecule has 0 bridgehead atoms. The molecule has 100 valence electrons. The van der Waals surface area contributed by atoms with Crippen LogP contribution >= 0.6 is 0 Å². The normalized spacial score (nSPS) is 11.6. The standard InChI is InChI=1S/C14H18N4O/c1-10(2)14-11(8-18(4)16-14)5-6-13(19)12-7-15-17(3)9-12/h5-10H,1-4H3/b6-5+. The zero-order valence-electron chi connectivity index (χ0n) is 11.7. The van der Waals surface area contributed by atoms with Gasteiger partial charge in [0.15, 0.2) is 5.78 Å². The van der Waals surface area contributed by atoms with E-state index < -0.39 is 0 Å². The van der Waals surface area contributed by atoms with Crippen molar-refractivity contribution in [2.24, 2.45) is 14.1 Å². The average molecular weight is 258 g/mol. The number of allylic oxidation sites excluding steroid dienone is 1. The minimum atomic E-state index is -0.0494. The Bertz CT molecular complexity index is 619. The Kier molecular flexibility index (Phi) is 3.64. The first kappa shape index (κ1) is 13.3. The van der Waals surface area contributed by atoms with Gasteiger partial charge in [0, 0.05) is 32.1 Å². The number of rotatable bonds is 4. The van der Waals surface area contributed by atoms with Gasteiger partial charge in [-0.25, -0.2) is 0 Å². The number of aromatic nitrogens is 4. The van der Waals surface area contributed by atoms with Gasteiger partial charge in [-0.1, -0.05) is 13.8 Å². The molecule has 2 rings (SSSR count). The third-order valence-electron chi connectivity index (χ3n) is 2.84. The molecule has 0 fully saturated rings. The van der Waals surface area contributed by atoms with Crippen molar-refractivity contribution in [3.05, 3.63) is 41.5 Å². The first-order valence-corrected chi connectivity index (χ1v) is 6.22. The van der Waals surface area contributed by atoms with Gasteiger partial charge >= 0.3 is 0 Å². The summed E-state index contributed by atoms with van der Waals surface area (Å²) < 4.78 is 3.38. The number of aryl methyl sites for hydroxylation is 2. The fourth-order valence-electron chi connectivity index (χ4n) is 1.91. The topological polar surface area (TPSA) is 52.7 Å². The van der Waals surface area contributed by atoms with Crippen LogP contribution in [0, 0.1) is 0 Å². The quantitative estimate of drug-likeness (QED) is 0.624. The monoisotopic (exact) mass is 258 g/mol. The Labute approximate surface area is 112 Å². The van der Waals surface area contributed by atoms with Crippen LogP contribution < -0.4 is 0 Å². The van der Waals surface area contributed by atoms with Gasteiger partial charge in [0.05, 0.1) is 17.5 Å². The zero-order valence-corrected chi connectivity index (χ0v) is 11.7. The highest BCUT2D eigenvalue weighted by molar-refractivity contribution is 6.06. The van der Waals surface area contributed by atoms with Gasteiger partial charge in [-0.3, -0.25) is 14.2 Å². The van der Waals surface area contributed by atoms with Crippen LogP contribution in [0.1, 0.15) is 41.4 Å². The second kappa shape index (κ2) is 5.22. The largest absolute Gasteiger partial charge is 0.289 e. The molecule has 2 aromatic rings. The van der Waals surface area contributed by atoms with Crippen molar-refractivity contribution in [3.63, 3.8) is 0 Å². The van der Waals surface area contributed by atoms with Crippen LogP contribution in [-0.4, -0.2) is 25.3 Å². The molecule has 0 spiro atoms. The van der Waals surface area contributed by atoms with Crippen LogP contribution in [0.3, 0.4) is 0 Å². The molecule has 5 nitrogen and oxygen atoms in total. The van der Waals surface area contributed by atoms with E-state index in [0.717, 1.165) is 11.3 Å². The van der Waals surface area contributed by atoms with Crippen molar-refractivity contribution in [1.82, 2.24) is 19.6 Å². The van der Waals surface area contributed by atoms with Crippen LogP contribution in [0.4, 0.5) is 0 Å². The Morgan fingerprint density at radius 2 is 2.00 bits per heavy atom. The minimum Gasteiger partial charge on any atom is -0.289 e. The molecule has 19 heavy (non-hydrogen) atoms. The lowest BCUT2D eigenvalue weighted by Gasteiger charge is -2.00. The highest BCUT2D eigenvalue weighted by atomic mass is 16.1. The second-order valence-electron chi connectivity index (χ2n) is 4.90. The van der Waals surface area contributed by atoms with Crippen molar-refractivity contribution < 1.29 is 4.79 Å². The van der Waals surface area contributed by atoms with Gasteiger partial charge in [-0.15, -0.1) is 0 Å². The molecule has 0 N–H and O–H groups in total. The summed E-state index contributed by atoms with van der Waals surface area (Å²) in [4.78, 5) is 12.0. The summed E-state index contributed by atoms with van der Waals surface area (Å²) in [6.45, 7) is 4.17. The lowest BCUT2D eigenvalue weighted by Crippen LogP contribution is -1.94. The maximum Gasteiger partial charge on any atom is 0.189 e. The molecular formula is C14H18N4O. The number of ketones is 1.